The second-order valence-corrected chi connectivity index (χ2v) is 4.81. The van der Waals surface area contributed by atoms with Crippen molar-refractivity contribution in [2.24, 2.45) is 0 Å². The molecule has 1 heterocycles. The molecular formula is C15H15N3O4. The molecule has 2 rings (SSSR count). The van der Waals surface area contributed by atoms with E-state index in [0.29, 0.717) is 5.69 Å². The van der Waals surface area contributed by atoms with Crippen LogP contribution < -0.4 is 0 Å². The third-order valence-corrected chi connectivity index (χ3v) is 3.44. The van der Waals surface area contributed by atoms with E-state index in [1.54, 1.807) is 25.4 Å². The number of carbonyl (C=O) groups is 1. The number of benzene rings is 1. The highest BCUT2D eigenvalue weighted by atomic mass is 16.6. The Labute approximate surface area is 127 Å². The Morgan fingerprint density at radius 1 is 1.36 bits per heavy atom. The highest BCUT2D eigenvalue weighted by Gasteiger charge is 2.23. The maximum absolute atomic E-state index is 12.4. The quantitative estimate of drug-likeness (QED) is 0.691. The van der Waals surface area contributed by atoms with E-state index in [1.165, 1.54) is 11.0 Å². The highest BCUT2D eigenvalue weighted by Crippen LogP contribution is 2.27. The number of nitro benzene ring substituents is 1. The van der Waals surface area contributed by atoms with Crippen LogP contribution in [0.25, 0.3) is 0 Å². The third-order valence-electron chi connectivity index (χ3n) is 3.44. The van der Waals surface area contributed by atoms with Gasteiger partial charge < -0.3 is 10.0 Å². The number of nitrogens with zero attached hydrogens (tertiary/aromatic N) is 3. The van der Waals surface area contributed by atoms with Crippen molar-refractivity contribution in [3.05, 3.63) is 64.0 Å². The first kappa shape index (κ1) is 15.4. The first-order valence-electron chi connectivity index (χ1n) is 6.57. The minimum atomic E-state index is -0.728. The van der Waals surface area contributed by atoms with Gasteiger partial charge in [-0.3, -0.25) is 19.9 Å². The first-order valence-corrected chi connectivity index (χ1v) is 6.57. The van der Waals surface area contributed by atoms with Crippen LogP contribution in [0, 0.1) is 10.1 Å². The molecule has 0 aliphatic carbocycles. The summed E-state index contributed by atoms with van der Waals surface area (Å²) >= 11 is 0. The lowest BCUT2D eigenvalue weighted by molar-refractivity contribution is -0.385. The Morgan fingerprint density at radius 3 is 2.68 bits per heavy atom. The van der Waals surface area contributed by atoms with Gasteiger partial charge in [0.1, 0.15) is 0 Å². The molecule has 0 spiro atoms. The topological polar surface area (TPSA) is 96.6 Å². The van der Waals surface area contributed by atoms with E-state index in [9.17, 15) is 20.0 Å². The van der Waals surface area contributed by atoms with Crippen molar-refractivity contribution in [1.29, 1.82) is 0 Å². The van der Waals surface area contributed by atoms with Crippen LogP contribution in [0.2, 0.25) is 0 Å². The maximum atomic E-state index is 12.4. The van der Waals surface area contributed by atoms with Gasteiger partial charge in [-0.25, -0.2) is 0 Å². The van der Waals surface area contributed by atoms with E-state index in [2.05, 4.69) is 4.98 Å². The van der Waals surface area contributed by atoms with E-state index in [1.807, 2.05) is 13.0 Å². The number of aromatic hydroxyl groups is 1. The zero-order valence-corrected chi connectivity index (χ0v) is 12.1. The summed E-state index contributed by atoms with van der Waals surface area (Å²) in [6.07, 6.45) is 1.63. The molecule has 1 aromatic carbocycles. The van der Waals surface area contributed by atoms with Crippen molar-refractivity contribution in [1.82, 2.24) is 9.88 Å². The predicted molar refractivity (Wildman–Crippen MR) is 79.5 cm³/mol. The lowest BCUT2D eigenvalue weighted by Gasteiger charge is -2.24. The van der Waals surface area contributed by atoms with Crippen molar-refractivity contribution in [2.45, 2.75) is 13.0 Å². The summed E-state index contributed by atoms with van der Waals surface area (Å²) in [7, 11) is 1.60. The molecule has 0 bridgehead atoms. The van der Waals surface area contributed by atoms with Gasteiger partial charge in [0.15, 0.2) is 5.75 Å². The van der Waals surface area contributed by atoms with Crippen molar-refractivity contribution < 1.29 is 14.8 Å². The Balaban J connectivity index is 2.28. The van der Waals surface area contributed by atoms with Gasteiger partial charge in [-0.1, -0.05) is 6.07 Å². The fourth-order valence-electron chi connectivity index (χ4n) is 2.00. The lowest BCUT2D eigenvalue weighted by Crippen LogP contribution is -2.30. The molecule has 0 unspecified atom stereocenters. The van der Waals surface area contributed by atoms with Crippen LogP contribution in [-0.4, -0.2) is 32.9 Å². The normalized spacial score (nSPS) is 11.7. The molecule has 22 heavy (non-hydrogen) atoms. The molecule has 7 heteroatoms. The van der Waals surface area contributed by atoms with Crippen LogP contribution >= 0.6 is 0 Å². The van der Waals surface area contributed by atoms with Gasteiger partial charge in [-0.05, 0) is 31.2 Å². The zero-order chi connectivity index (χ0) is 16.3. The molecule has 0 fully saturated rings. The van der Waals surface area contributed by atoms with Crippen molar-refractivity contribution in [3.8, 4) is 5.75 Å². The number of hydrogen-bond donors (Lipinski definition) is 1. The average molecular weight is 301 g/mol. The molecule has 1 atom stereocenters. The molecule has 114 valence electrons. The standard InChI is InChI=1S/C15H15N3O4/c1-10(12-5-3-4-8-16-12)17(2)15(20)11-6-7-14(19)13(9-11)18(21)22/h3-10,19H,1-2H3/t10-/m0/s1. The summed E-state index contributed by atoms with van der Waals surface area (Å²) in [5, 5.41) is 20.3. The van der Waals surface area contributed by atoms with Gasteiger partial charge >= 0.3 is 5.69 Å². The van der Waals surface area contributed by atoms with Gasteiger partial charge in [-0.15, -0.1) is 0 Å². The first-order chi connectivity index (χ1) is 10.4. The molecule has 7 nitrogen and oxygen atoms in total. The van der Waals surface area contributed by atoms with Gasteiger partial charge in [0.25, 0.3) is 5.91 Å². The molecule has 0 aliphatic rings. The molecule has 0 saturated carbocycles. The Morgan fingerprint density at radius 2 is 2.09 bits per heavy atom. The molecule has 0 aliphatic heterocycles. The summed E-state index contributed by atoms with van der Waals surface area (Å²) in [4.78, 5) is 28.2. The molecule has 0 radical (unpaired) electrons. The van der Waals surface area contributed by atoms with Crippen LogP contribution in [-0.2, 0) is 0 Å². The van der Waals surface area contributed by atoms with Crippen LogP contribution in [0.5, 0.6) is 5.75 Å². The Kier molecular flexibility index (Phi) is 4.36. The summed E-state index contributed by atoms with van der Waals surface area (Å²) in [6, 6.07) is 8.68. The van der Waals surface area contributed by atoms with Gasteiger partial charge in [-0.2, -0.15) is 0 Å². The number of nitro groups is 1. The van der Waals surface area contributed by atoms with E-state index in [4.69, 9.17) is 0 Å². The molecule has 0 saturated heterocycles. The van der Waals surface area contributed by atoms with E-state index < -0.39 is 16.4 Å². The van der Waals surface area contributed by atoms with E-state index in [0.717, 1.165) is 12.1 Å². The van der Waals surface area contributed by atoms with Crippen molar-refractivity contribution >= 4 is 11.6 Å². The van der Waals surface area contributed by atoms with Crippen molar-refractivity contribution in [2.75, 3.05) is 7.05 Å². The molecule has 1 aromatic heterocycles. The number of hydrogen-bond acceptors (Lipinski definition) is 5. The minimum Gasteiger partial charge on any atom is -0.502 e. The monoisotopic (exact) mass is 301 g/mol. The van der Waals surface area contributed by atoms with Crippen molar-refractivity contribution in [3.63, 3.8) is 0 Å². The Bertz CT molecular complexity index is 703. The van der Waals surface area contributed by atoms with Gasteiger partial charge in [0, 0.05) is 24.9 Å². The average Bonchev–Trinajstić information content (AvgIpc) is 2.53. The SMILES string of the molecule is C[C@@H](c1ccccn1)N(C)C(=O)c1ccc(O)c([N+](=O)[O-])c1. The van der Waals surface area contributed by atoms with Crippen LogP contribution in [0.4, 0.5) is 5.69 Å². The number of carbonyl (C=O) groups excluding carboxylic acids is 1. The minimum absolute atomic E-state index is 0.134. The van der Waals surface area contributed by atoms with E-state index >= 15 is 0 Å². The largest absolute Gasteiger partial charge is 0.502 e. The number of phenols is 1. The highest BCUT2D eigenvalue weighted by molar-refractivity contribution is 5.95. The summed E-state index contributed by atoms with van der Waals surface area (Å²) in [5.74, 6) is -0.858. The summed E-state index contributed by atoms with van der Waals surface area (Å²) in [6.45, 7) is 1.81. The van der Waals surface area contributed by atoms with E-state index in [-0.39, 0.29) is 17.5 Å². The van der Waals surface area contributed by atoms with Gasteiger partial charge in [0.2, 0.25) is 0 Å². The second kappa shape index (κ2) is 6.21. The molecule has 1 amide bonds. The molecule has 1 N–H and O–H groups in total. The Hall–Kier alpha value is -2.96. The van der Waals surface area contributed by atoms with Crippen LogP contribution in [0.1, 0.15) is 29.0 Å². The second-order valence-electron chi connectivity index (χ2n) is 4.81. The smallest absolute Gasteiger partial charge is 0.311 e. The predicted octanol–water partition coefficient (Wildman–Crippen LogP) is 2.53. The fraction of sp³-hybridized carbons (Fsp3) is 0.200. The zero-order valence-electron chi connectivity index (χ0n) is 12.1. The number of amides is 1. The number of aromatic nitrogens is 1. The third kappa shape index (κ3) is 3.03. The summed E-state index contributed by atoms with van der Waals surface area (Å²) < 4.78 is 0. The maximum Gasteiger partial charge on any atom is 0.311 e. The fourth-order valence-corrected chi connectivity index (χ4v) is 2.00. The lowest BCUT2D eigenvalue weighted by atomic mass is 10.1. The molecular weight excluding hydrogens is 286 g/mol. The number of phenolic OH excluding ortho intramolecular Hbond substituents is 1. The van der Waals surface area contributed by atoms with Gasteiger partial charge in [0.05, 0.1) is 16.7 Å². The molecule has 2 aromatic rings. The number of rotatable bonds is 4. The summed E-state index contributed by atoms with van der Waals surface area (Å²) in [5.41, 5.74) is 0.353. The number of pyridine rings is 1. The van der Waals surface area contributed by atoms with Crippen LogP contribution in [0.15, 0.2) is 42.6 Å². The van der Waals surface area contributed by atoms with Crippen LogP contribution in [0.3, 0.4) is 0 Å².